The van der Waals surface area contributed by atoms with Crippen molar-refractivity contribution in [2.24, 2.45) is 5.73 Å². The molecule has 2 atom stereocenters. The standard InChI is InChI=1S/C11H15ClN2O2S/c12-6-5-9(15)10(16)7-1-3-8(4-2-7)14-11(13)17/h1-4,9-10,15-16H,5-6H2,(H3,13,14,17). The number of hydrogen-bond donors (Lipinski definition) is 4. The summed E-state index contributed by atoms with van der Waals surface area (Å²) in [6, 6.07) is 6.85. The Bertz CT molecular complexity index is 372. The largest absolute Gasteiger partial charge is 0.390 e. The second-order valence-corrected chi connectivity index (χ2v) is 4.42. The second kappa shape index (κ2) is 6.76. The first kappa shape index (κ1) is 14.2. The number of nitrogens with one attached hydrogen (secondary N) is 1. The van der Waals surface area contributed by atoms with E-state index in [1.54, 1.807) is 24.3 Å². The number of anilines is 1. The highest BCUT2D eigenvalue weighted by Gasteiger charge is 2.17. The number of thiocarbonyl (C=S) groups is 1. The van der Waals surface area contributed by atoms with Crippen molar-refractivity contribution in [2.75, 3.05) is 11.2 Å². The van der Waals surface area contributed by atoms with Gasteiger partial charge in [0.15, 0.2) is 5.11 Å². The van der Waals surface area contributed by atoms with Crippen LogP contribution in [0.2, 0.25) is 0 Å². The number of nitrogens with two attached hydrogens (primary N) is 1. The minimum atomic E-state index is -0.937. The van der Waals surface area contributed by atoms with E-state index in [2.05, 4.69) is 5.32 Å². The zero-order valence-corrected chi connectivity index (χ0v) is 10.7. The Morgan fingerprint density at radius 1 is 1.35 bits per heavy atom. The molecule has 0 spiro atoms. The van der Waals surface area contributed by atoms with Crippen LogP contribution < -0.4 is 11.1 Å². The predicted molar refractivity (Wildman–Crippen MR) is 73.2 cm³/mol. The maximum atomic E-state index is 9.81. The second-order valence-electron chi connectivity index (χ2n) is 3.60. The van der Waals surface area contributed by atoms with Gasteiger partial charge in [0.1, 0.15) is 6.10 Å². The Morgan fingerprint density at radius 3 is 2.41 bits per heavy atom. The number of aliphatic hydroxyl groups is 2. The molecule has 0 saturated carbocycles. The SMILES string of the molecule is NC(=S)Nc1ccc(C(O)C(O)CCCl)cc1. The molecule has 0 aliphatic rings. The maximum absolute atomic E-state index is 9.81. The molecule has 0 bridgehead atoms. The van der Waals surface area contributed by atoms with E-state index >= 15 is 0 Å². The Labute approximate surface area is 110 Å². The minimum absolute atomic E-state index is 0.181. The molecule has 2 unspecified atom stereocenters. The Morgan fingerprint density at radius 2 is 1.94 bits per heavy atom. The summed E-state index contributed by atoms with van der Waals surface area (Å²) in [7, 11) is 0. The Hall–Kier alpha value is -0.880. The molecule has 4 nitrogen and oxygen atoms in total. The lowest BCUT2D eigenvalue weighted by Gasteiger charge is -2.17. The molecular formula is C11H15ClN2O2S. The molecule has 5 N–H and O–H groups in total. The van der Waals surface area contributed by atoms with Crippen LogP contribution in [0, 0.1) is 0 Å². The molecule has 0 heterocycles. The first-order chi connectivity index (χ1) is 8.04. The van der Waals surface area contributed by atoms with Gasteiger partial charge in [-0.05, 0) is 36.3 Å². The van der Waals surface area contributed by atoms with Crippen molar-refractivity contribution in [3.8, 4) is 0 Å². The first-order valence-electron chi connectivity index (χ1n) is 5.13. The molecule has 0 fully saturated rings. The lowest BCUT2D eigenvalue weighted by molar-refractivity contribution is 0.0170. The molecule has 6 heteroatoms. The van der Waals surface area contributed by atoms with Gasteiger partial charge in [-0.3, -0.25) is 0 Å². The van der Waals surface area contributed by atoms with Crippen LogP contribution in [0.1, 0.15) is 18.1 Å². The van der Waals surface area contributed by atoms with Crippen LogP contribution in [0.25, 0.3) is 0 Å². The highest BCUT2D eigenvalue weighted by molar-refractivity contribution is 7.80. The zero-order chi connectivity index (χ0) is 12.8. The normalized spacial score (nSPS) is 14.1. The molecule has 0 aliphatic carbocycles. The summed E-state index contributed by atoms with van der Waals surface area (Å²) in [5.41, 5.74) is 6.68. The molecule has 1 aromatic rings. The number of halogens is 1. The summed E-state index contributed by atoms with van der Waals surface area (Å²) in [4.78, 5) is 0. The Kier molecular flexibility index (Phi) is 5.64. The maximum Gasteiger partial charge on any atom is 0.168 e. The van der Waals surface area contributed by atoms with Crippen molar-refractivity contribution in [1.82, 2.24) is 0 Å². The summed E-state index contributed by atoms with van der Waals surface area (Å²) in [5, 5.41) is 22.4. The van der Waals surface area contributed by atoms with E-state index in [1.165, 1.54) is 0 Å². The third-order valence-electron chi connectivity index (χ3n) is 2.29. The summed E-state index contributed by atoms with van der Waals surface area (Å²) in [5.74, 6) is 0.305. The van der Waals surface area contributed by atoms with Crippen LogP contribution in [0.5, 0.6) is 0 Å². The summed E-state index contributed by atoms with van der Waals surface area (Å²) in [6.07, 6.45) is -1.45. The highest BCUT2D eigenvalue weighted by atomic mass is 35.5. The minimum Gasteiger partial charge on any atom is -0.390 e. The number of alkyl halides is 1. The van der Waals surface area contributed by atoms with E-state index in [9.17, 15) is 10.2 Å². The molecule has 17 heavy (non-hydrogen) atoms. The smallest absolute Gasteiger partial charge is 0.168 e. The van der Waals surface area contributed by atoms with Crippen molar-refractivity contribution in [1.29, 1.82) is 0 Å². The van der Waals surface area contributed by atoms with E-state index in [4.69, 9.17) is 29.6 Å². The number of rotatable bonds is 5. The fraction of sp³-hybridized carbons (Fsp3) is 0.364. The molecule has 0 radical (unpaired) electrons. The lowest BCUT2D eigenvalue weighted by atomic mass is 10.0. The van der Waals surface area contributed by atoms with Gasteiger partial charge in [0, 0.05) is 11.6 Å². The monoisotopic (exact) mass is 274 g/mol. The van der Waals surface area contributed by atoms with Gasteiger partial charge in [-0.2, -0.15) is 0 Å². The van der Waals surface area contributed by atoms with Crippen molar-refractivity contribution in [3.63, 3.8) is 0 Å². The van der Waals surface area contributed by atoms with Crippen LogP contribution in [0.15, 0.2) is 24.3 Å². The quantitative estimate of drug-likeness (QED) is 0.482. The molecular weight excluding hydrogens is 260 g/mol. The van der Waals surface area contributed by atoms with Crippen LogP contribution in [0.4, 0.5) is 5.69 Å². The fourth-order valence-electron chi connectivity index (χ4n) is 1.40. The van der Waals surface area contributed by atoms with Gasteiger partial charge in [0.05, 0.1) is 6.10 Å². The number of hydrogen-bond acceptors (Lipinski definition) is 3. The van der Waals surface area contributed by atoms with Crippen LogP contribution >= 0.6 is 23.8 Å². The molecule has 0 saturated heterocycles. The first-order valence-corrected chi connectivity index (χ1v) is 6.07. The zero-order valence-electron chi connectivity index (χ0n) is 9.14. The number of benzene rings is 1. The third-order valence-corrected chi connectivity index (χ3v) is 2.61. The Balaban J connectivity index is 2.69. The van der Waals surface area contributed by atoms with Crippen LogP contribution in [0.3, 0.4) is 0 Å². The third kappa shape index (κ3) is 4.47. The molecule has 0 aliphatic heterocycles. The van der Waals surface area contributed by atoms with Gasteiger partial charge in [0.25, 0.3) is 0 Å². The van der Waals surface area contributed by atoms with E-state index in [0.29, 0.717) is 17.9 Å². The van der Waals surface area contributed by atoms with Crippen LogP contribution in [-0.4, -0.2) is 27.3 Å². The fourth-order valence-corrected chi connectivity index (χ4v) is 1.74. The molecule has 94 valence electrons. The summed E-state index contributed by atoms with van der Waals surface area (Å²) >= 11 is 10.2. The van der Waals surface area contributed by atoms with E-state index in [0.717, 1.165) is 5.69 Å². The van der Waals surface area contributed by atoms with Crippen LogP contribution in [-0.2, 0) is 0 Å². The molecule has 0 aromatic heterocycles. The predicted octanol–water partition coefficient (Wildman–Crippen LogP) is 1.37. The lowest BCUT2D eigenvalue weighted by Crippen LogP contribution is -2.20. The summed E-state index contributed by atoms with van der Waals surface area (Å²) < 4.78 is 0. The van der Waals surface area contributed by atoms with Gasteiger partial charge in [-0.15, -0.1) is 11.6 Å². The van der Waals surface area contributed by atoms with Gasteiger partial charge >= 0.3 is 0 Å². The average molecular weight is 275 g/mol. The van der Waals surface area contributed by atoms with Crippen molar-refractivity contribution >= 4 is 34.6 Å². The van der Waals surface area contributed by atoms with Gasteiger partial charge in [-0.25, -0.2) is 0 Å². The van der Waals surface area contributed by atoms with E-state index < -0.39 is 12.2 Å². The van der Waals surface area contributed by atoms with Gasteiger partial charge in [0.2, 0.25) is 0 Å². The summed E-state index contributed by atoms with van der Waals surface area (Å²) in [6.45, 7) is 0. The van der Waals surface area contributed by atoms with Crippen molar-refractivity contribution < 1.29 is 10.2 Å². The molecule has 1 rings (SSSR count). The van der Waals surface area contributed by atoms with Gasteiger partial charge in [-0.1, -0.05) is 12.1 Å². The topological polar surface area (TPSA) is 78.5 Å². The molecule has 0 amide bonds. The molecule has 1 aromatic carbocycles. The van der Waals surface area contributed by atoms with Gasteiger partial charge < -0.3 is 21.3 Å². The van der Waals surface area contributed by atoms with Crippen molar-refractivity contribution in [2.45, 2.75) is 18.6 Å². The van der Waals surface area contributed by atoms with Crippen molar-refractivity contribution in [3.05, 3.63) is 29.8 Å². The number of aliphatic hydroxyl groups excluding tert-OH is 2. The average Bonchev–Trinajstić information content (AvgIpc) is 2.28. The van der Waals surface area contributed by atoms with E-state index in [1.807, 2.05) is 0 Å². The van der Waals surface area contributed by atoms with E-state index in [-0.39, 0.29) is 5.11 Å². The highest BCUT2D eigenvalue weighted by Crippen LogP contribution is 2.21.